The van der Waals surface area contributed by atoms with Gasteiger partial charge in [-0.25, -0.2) is 4.79 Å². The van der Waals surface area contributed by atoms with Crippen molar-refractivity contribution in [3.63, 3.8) is 0 Å². The highest BCUT2D eigenvalue weighted by molar-refractivity contribution is 7.80. The maximum Gasteiger partial charge on any atom is 0.329 e. The molecule has 0 saturated carbocycles. The van der Waals surface area contributed by atoms with Crippen molar-refractivity contribution in [3.05, 3.63) is 71.8 Å². The maximum absolute atomic E-state index is 13.6. The molecule has 246 valence electrons. The molecule has 2 aromatic carbocycles. The van der Waals surface area contributed by atoms with Crippen LogP contribution < -0.4 is 16.0 Å². The van der Waals surface area contributed by atoms with Crippen LogP contribution in [-0.2, 0) is 46.5 Å². The van der Waals surface area contributed by atoms with Gasteiger partial charge < -0.3 is 25.4 Å². The molecule has 0 aliphatic carbocycles. The molecule has 2 aromatic rings. The van der Waals surface area contributed by atoms with Gasteiger partial charge in [0.2, 0.25) is 17.7 Å². The number of nitrogens with one attached hydrogen (secondary N) is 3. The predicted molar refractivity (Wildman–Crippen MR) is 175 cm³/mol. The zero-order valence-electron chi connectivity index (χ0n) is 26.3. The standard InChI is InChI=1S/C34H47N3O7S/c1-3-5-6-7-8-15-20-30(38)35-27(21-25-16-11-9-12-17-25)32(40)36-28(33(41)37-29(24-45)34(42)43-4-2)22-31(39)44-23-26-18-13-10-14-19-26/h9-14,16-19,27-29,45H,3-8,15,20-24H2,1-2H3,(H,35,38)(H,36,40)(H,37,41)/t27?,28-,29-/m0/s1. The van der Waals surface area contributed by atoms with Crippen LogP contribution in [0.5, 0.6) is 0 Å². The Morgan fingerprint density at radius 1 is 0.689 bits per heavy atom. The van der Waals surface area contributed by atoms with E-state index in [1.807, 2.05) is 36.4 Å². The van der Waals surface area contributed by atoms with Crippen molar-refractivity contribution in [1.82, 2.24) is 16.0 Å². The average molecular weight is 642 g/mol. The van der Waals surface area contributed by atoms with Gasteiger partial charge in [-0.1, -0.05) is 99.7 Å². The third-order valence-electron chi connectivity index (χ3n) is 7.01. The van der Waals surface area contributed by atoms with Crippen LogP contribution in [0.15, 0.2) is 60.7 Å². The van der Waals surface area contributed by atoms with Crippen molar-refractivity contribution in [2.45, 2.75) is 96.4 Å². The quantitative estimate of drug-likeness (QED) is 0.0916. The molecule has 2 rings (SSSR count). The molecule has 0 heterocycles. The topological polar surface area (TPSA) is 140 Å². The minimum Gasteiger partial charge on any atom is -0.464 e. The summed E-state index contributed by atoms with van der Waals surface area (Å²) in [6, 6.07) is 14.7. The Balaban J connectivity index is 2.18. The van der Waals surface area contributed by atoms with E-state index in [4.69, 9.17) is 9.47 Å². The van der Waals surface area contributed by atoms with E-state index in [-0.39, 0.29) is 37.7 Å². The summed E-state index contributed by atoms with van der Waals surface area (Å²) in [5, 5.41) is 7.95. The fourth-order valence-electron chi connectivity index (χ4n) is 4.53. The molecule has 0 bridgehead atoms. The van der Waals surface area contributed by atoms with Crippen LogP contribution in [-0.4, -0.2) is 60.1 Å². The summed E-state index contributed by atoms with van der Waals surface area (Å²) in [6.07, 6.45) is 6.02. The highest BCUT2D eigenvalue weighted by atomic mass is 32.1. The number of hydrogen-bond acceptors (Lipinski definition) is 8. The van der Waals surface area contributed by atoms with Crippen LogP contribution in [0, 0.1) is 0 Å². The summed E-state index contributed by atoms with van der Waals surface area (Å²) >= 11 is 4.14. The number of rotatable bonds is 21. The molecular formula is C34H47N3O7S. The first-order chi connectivity index (χ1) is 21.8. The SMILES string of the molecule is CCCCCCCCC(=O)NC(Cc1ccccc1)C(=O)N[C@@H](CC(=O)OCc1ccccc1)C(=O)N[C@@H](CS)C(=O)OCC. The molecule has 3 amide bonds. The molecule has 3 atom stereocenters. The number of unbranched alkanes of at least 4 members (excludes halogenated alkanes) is 5. The monoisotopic (exact) mass is 641 g/mol. The molecule has 0 aliphatic heterocycles. The van der Waals surface area contributed by atoms with Gasteiger partial charge in [-0.05, 0) is 24.5 Å². The van der Waals surface area contributed by atoms with E-state index in [0.29, 0.717) is 6.42 Å². The first kappa shape index (κ1) is 37.3. The van der Waals surface area contributed by atoms with Gasteiger partial charge in [-0.15, -0.1) is 0 Å². The molecule has 10 nitrogen and oxygen atoms in total. The van der Waals surface area contributed by atoms with E-state index in [9.17, 15) is 24.0 Å². The van der Waals surface area contributed by atoms with Gasteiger partial charge >= 0.3 is 11.9 Å². The van der Waals surface area contributed by atoms with Crippen LogP contribution >= 0.6 is 12.6 Å². The Morgan fingerprint density at radius 3 is 1.89 bits per heavy atom. The van der Waals surface area contributed by atoms with Crippen molar-refractivity contribution in [3.8, 4) is 0 Å². The first-order valence-corrected chi connectivity index (χ1v) is 16.3. The van der Waals surface area contributed by atoms with Crippen LogP contribution in [0.25, 0.3) is 0 Å². The van der Waals surface area contributed by atoms with Gasteiger partial charge in [0.25, 0.3) is 0 Å². The van der Waals surface area contributed by atoms with E-state index in [1.165, 1.54) is 0 Å². The molecule has 0 aliphatic rings. The molecule has 3 N–H and O–H groups in total. The number of hydrogen-bond donors (Lipinski definition) is 4. The largest absolute Gasteiger partial charge is 0.464 e. The van der Waals surface area contributed by atoms with Gasteiger partial charge in [0.05, 0.1) is 13.0 Å². The average Bonchev–Trinajstić information content (AvgIpc) is 3.04. The Bertz CT molecular complexity index is 1200. The minimum atomic E-state index is -1.40. The number of esters is 2. The highest BCUT2D eigenvalue weighted by Gasteiger charge is 2.31. The summed E-state index contributed by atoms with van der Waals surface area (Å²) in [5.74, 6) is -3.20. The van der Waals surface area contributed by atoms with Gasteiger partial charge in [0.1, 0.15) is 24.7 Å². The molecule has 11 heteroatoms. The molecule has 0 saturated heterocycles. The third kappa shape index (κ3) is 15.1. The van der Waals surface area contributed by atoms with Crippen molar-refractivity contribution in [1.29, 1.82) is 0 Å². The van der Waals surface area contributed by atoms with Crippen molar-refractivity contribution in [2.24, 2.45) is 0 Å². The van der Waals surface area contributed by atoms with Crippen LogP contribution in [0.3, 0.4) is 0 Å². The lowest BCUT2D eigenvalue weighted by Gasteiger charge is -2.24. The highest BCUT2D eigenvalue weighted by Crippen LogP contribution is 2.10. The van der Waals surface area contributed by atoms with E-state index in [2.05, 4.69) is 35.5 Å². The lowest BCUT2D eigenvalue weighted by molar-refractivity contribution is -0.148. The summed E-state index contributed by atoms with van der Waals surface area (Å²) in [6.45, 7) is 3.86. The fourth-order valence-corrected chi connectivity index (χ4v) is 4.77. The summed E-state index contributed by atoms with van der Waals surface area (Å²) in [5.41, 5.74) is 1.56. The molecule has 0 aromatic heterocycles. The van der Waals surface area contributed by atoms with E-state index in [1.54, 1.807) is 31.2 Å². The third-order valence-corrected chi connectivity index (χ3v) is 7.37. The molecule has 1 unspecified atom stereocenters. The Morgan fingerprint density at radius 2 is 1.27 bits per heavy atom. The van der Waals surface area contributed by atoms with Gasteiger partial charge in [-0.2, -0.15) is 12.6 Å². The second-order valence-electron chi connectivity index (χ2n) is 10.7. The Labute approximate surface area is 271 Å². The van der Waals surface area contributed by atoms with Crippen LogP contribution in [0.2, 0.25) is 0 Å². The normalized spacial score (nSPS) is 12.7. The Hall–Kier alpha value is -3.86. The van der Waals surface area contributed by atoms with Crippen molar-refractivity contribution >= 4 is 42.3 Å². The second-order valence-corrected chi connectivity index (χ2v) is 11.1. The fraction of sp³-hybridized carbons (Fsp3) is 0.500. The summed E-state index contributed by atoms with van der Waals surface area (Å²) in [7, 11) is 0. The lowest BCUT2D eigenvalue weighted by Crippen LogP contribution is -2.57. The first-order valence-electron chi connectivity index (χ1n) is 15.7. The zero-order valence-corrected chi connectivity index (χ0v) is 27.2. The second kappa shape index (κ2) is 21.8. The number of thiol groups is 1. The lowest BCUT2D eigenvalue weighted by atomic mass is 10.0. The maximum atomic E-state index is 13.6. The van der Waals surface area contributed by atoms with E-state index in [0.717, 1.165) is 43.2 Å². The van der Waals surface area contributed by atoms with Gasteiger partial charge in [-0.3, -0.25) is 19.2 Å². The summed E-state index contributed by atoms with van der Waals surface area (Å²) in [4.78, 5) is 65.0. The number of benzene rings is 2. The Kier molecular flexibility index (Phi) is 18.1. The number of carbonyl (C=O) groups is 5. The van der Waals surface area contributed by atoms with Gasteiger partial charge in [0.15, 0.2) is 0 Å². The summed E-state index contributed by atoms with van der Waals surface area (Å²) < 4.78 is 10.4. The molecular weight excluding hydrogens is 594 g/mol. The molecule has 45 heavy (non-hydrogen) atoms. The molecule has 0 fully saturated rings. The minimum absolute atomic E-state index is 0.0187. The van der Waals surface area contributed by atoms with Crippen LogP contribution in [0.4, 0.5) is 0 Å². The molecule has 0 spiro atoms. The number of ether oxygens (including phenoxy) is 2. The predicted octanol–water partition coefficient (Wildman–Crippen LogP) is 4.06. The van der Waals surface area contributed by atoms with Crippen LogP contribution in [0.1, 0.15) is 76.3 Å². The smallest absolute Gasteiger partial charge is 0.329 e. The van der Waals surface area contributed by atoms with Crippen molar-refractivity contribution < 1.29 is 33.4 Å². The molecule has 0 radical (unpaired) electrons. The van der Waals surface area contributed by atoms with E-state index < -0.39 is 48.3 Å². The number of amides is 3. The zero-order chi connectivity index (χ0) is 32.9. The van der Waals surface area contributed by atoms with Crippen molar-refractivity contribution in [2.75, 3.05) is 12.4 Å². The van der Waals surface area contributed by atoms with Gasteiger partial charge in [0, 0.05) is 18.6 Å². The van der Waals surface area contributed by atoms with E-state index >= 15 is 0 Å². The number of carbonyl (C=O) groups excluding carboxylic acids is 5.